The third-order valence-electron chi connectivity index (χ3n) is 1.74. The molecule has 0 unspecified atom stereocenters. The van der Waals surface area contributed by atoms with Crippen molar-refractivity contribution in [3.63, 3.8) is 0 Å². The summed E-state index contributed by atoms with van der Waals surface area (Å²) in [6.45, 7) is 3.62. The lowest BCUT2D eigenvalue weighted by Gasteiger charge is -2.02. The van der Waals surface area contributed by atoms with Crippen LogP contribution in [0.25, 0.3) is 0 Å². The van der Waals surface area contributed by atoms with Crippen LogP contribution in [0.15, 0.2) is 36.9 Å². The quantitative estimate of drug-likeness (QED) is 0.583. The molecule has 3 nitrogen and oxygen atoms in total. The Kier molecular flexibility index (Phi) is 3.73. The molecule has 0 saturated carbocycles. The van der Waals surface area contributed by atoms with Crippen LogP contribution in [0.4, 0.5) is 0 Å². The fraction of sp³-hybridized carbons (Fsp3) is 0.182. The van der Waals surface area contributed by atoms with E-state index >= 15 is 0 Å². The molecule has 0 radical (unpaired) electrons. The van der Waals surface area contributed by atoms with Crippen molar-refractivity contribution in [2.45, 2.75) is 6.42 Å². The molecule has 0 saturated heterocycles. The van der Waals surface area contributed by atoms with Crippen LogP contribution in [-0.2, 0) is 16.0 Å². The van der Waals surface area contributed by atoms with E-state index in [0.717, 1.165) is 11.6 Å². The largest absolute Gasteiger partial charge is 0.508 e. The summed E-state index contributed by atoms with van der Waals surface area (Å²) in [5, 5.41) is 9.01. The Morgan fingerprint density at radius 2 is 2.07 bits per heavy atom. The molecule has 0 aliphatic rings. The molecule has 14 heavy (non-hydrogen) atoms. The number of aromatic hydroxyl groups is 1. The van der Waals surface area contributed by atoms with Gasteiger partial charge in [-0.2, -0.15) is 0 Å². The molecule has 3 heteroatoms. The summed E-state index contributed by atoms with van der Waals surface area (Å²) in [6, 6.07) is 6.78. The number of carbonyl (C=O) groups is 1. The topological polar surface area (TPSA) is 46.5 Å². The monoisotopic (exact) mass is 192 g/mol. The molecule has 0 atom stereocenters. The summed E-state index contributed by atoms with van der Waals surface area (Å²) in [5.41, 5.74) is 1.01. The Labute approximate surface area is 82.6 Å². The molecule has 0 amide bonds. The van der Waals surface area contributed by atoms with E-state index in [9.17, 15) is 4.79 Å². The van der Waals surface area contributed by atoms with E-state index in [1.54, 1.807) is 24.3 Å². The molecular weight excluding hydrogens is 180 g/mol. The number of rotatable bonds is 4. The maximum absolute atomic E-state index is 10.7. The fourth-order valence-corrected chi connectivity index (χ4v) is 0.991. The van der Waals surface area contributed by atoms with Crippen LogP contribution in [0.3, 0.4) is 0 Å². The van der Waals surface area contributed by atoms with Gasteiger partial charge in [0.2, 0.25) is 0 Å². The fourth-order valence-electron chi connectivity index (χ4n) is 0.991. The highest BCUT2D eigenvalue weighted by Crippen LogP contribution is 2.09. The van der Waals surface area contributed by atoms with Crippen LogP contribution < -0.4 is 0 Å². The molecule has 1 rings (SSSR count). The van der Waals surface area contributed by atoms with Gasteiger partial charge in [-0.05, 0) is 17.7 Å². The summed E-state index contributed by atoms with van der Waals surface area (Å²) in [6.07, 6.45) is 1.77. The Bertz CT molecular complexity index is 314. The third-order valence-corrected chi connectivity index (χ3v) is 1.74. The minimum absolute atomic E-state index is 0.233. The van der Waals surface area contributed by atoms with Gasteiger partial charge in [-0.1, -0.05) is 18.7 Å². The van der Waals surface area contributed by atoms with Crippen LogP contribution in [0.1, 0.15) is 5.56 Å². The standard InChI is InChI=1S/C11H12O3/c1-2-11(13)14-8-7-9-3-5-10(12)6-4-9/h2-6,12H,1,7-8H2. The van der Waals surface area contributed by atoms with Crippen molar-refractivity contribution >= 4 is 5.97 Å². The molecule has 0 aromatic heterocycles. The molecular formula is C11H12O3. The predicted molar refractivity (Wildman–Crippen MR) is 53.0 cm³/mol. The van der Waals surface area contributed by atoms with Crippen molar-refractivity contribution in [3.8, 4) is 5.75 Å². The molecule has 0 spiro atoms. The highest BCUT2D eigenvalue weighted by Gasteiger charge is 1.97. The zero-order valence-electron chi connectivity index (χ0n) is 7.77. The lowest BCUT2D eigenvalue weighted by molar-refractivity contribution is -0.137. The highest BCUT2D eigenvalue weighted by atomic mass is 16.5. The molecule has 1 aromatic carbocycles. The molecule has 0 heterocycles. The first-order valence-electron chi connectivity index (χ1n) is 4.29. The van der Waals surface area contributed by atoms with Gasteiger partial charge in [-0.3, -0.25) is 0 Å². The van der Waals surface area contributed by atoms with Gasteiger partial charge in [-0.25, -0.2) is 4.79 Å². The lowest BCUT2D eigenvalue weighted by Crippen LogP contribution is -2.04. The van der Waals surface area contributed by atoms with Crippen molar-refractivity contribution in [1.82, 2.24) is 0 Å². The Morgan fingerprint density at radius 3 is 2.64 bits per heavy atom. The van der Waals surface area contributed by atoms with Crippen molar-refractivity contribution in [1.29, 1.82) is 0 Å². The highest BCUT2D eigenvalue weighted by molar-refractivity contribution is 5.81. The molecule has 0 aliphatic heterocycles. The number of hydrogen-bond donors (Lipinski definition) is 1. The van der Waals surface area contributed by atoms with Gasteiger partial charge in [0.25, 0.3) is 0 Å². The van der Waals surface area contributed by atoms with Gasteiger partial charge in [0, 0.05) is 12.5 Å². The second-order valence-electron chi connectivity index (χ2n) is 2.79. The smallest absolute Gasteiger partial charge is 0.330 e. The average Bonchev–Trinajstić information content (AvgIpc) is 2.21. The second kappa shape index (κ2) is 5.07. The van der Waals surface area contributed by atoms with Crippen molar-refractivity contribution in [2.75, 3.05) is 6.61 Å². The van der Waals surface area contributed by atoms with E-state index < -0.39 is 5.97 Å². The van der Waals surface area contributed by atoms with Crippen LogP contribution in [-0.4, -0.2) is 17.7 Å². The molecule has 1 aromatic rings. The molecule has 1 N–H and O–H groups in total. The van der Waals surface area contributed by atoms with Gasteiger partial charge in [0.15, 0.2) is 0 Å². The summed E-state index contributed by atoms with van der Waals surface area (Å²) in [5.74, 6) is -0.180. The average molecular weight is 192 g/mol. The lowest BCUT2D eigenvalue weighted by atomic mass is 10.1. The van der Waals surface area contributed by atoms with Crippen molar-refractivity contribution < 1.29 is 14.6 Å². The molecule has 0 aliphatic carbocycles. The van der Waals surface area contributed by atoms with E-state index in [-0.39, 0.29) is 5.75 Å². The van der Waals surface area contributed by atoms with Gasteiger partial charge >= 0.3 is 5.97 Å². The predicted octanol–water partition coefficient (Wildman–Crippen LogP) is 1.66. The molecule has 0 bridgehead atoms. The third kappa shape index (κ3) is 3.31. The van der Waals surface area contributed by atoms with Crippen LogP contribution in [0.5, 0.6) is 5.75 Å². The maximum atomic E-state index is 10.7. The number of esters is 1. The maximum Gasteiger partial charge on any atom is 0.330 e. The van der Waals surface area contributed by atoms with E-state index in [0.29, 0.717) is 13.0 Å². The Hall–Kier alpha value is -1.77. The molecule has 0 fully saturated rings. The first kappa shape index (κ1) is 10.3. The first-order valence-corrected chi connectivity index (χ1v) is 4.29. The number of carbonyl (C=O) groups excluding carboxylic acids is 1. The zero-order valence-corrected chi connectivity index (χ0v) is 7.77. The zero-order chi connectivity index (χ0) is 10.4. The summed E-state index contributed by atoms with van der Waals surface area (Å²) < 4.78 is 4.81. The summed E-state index contributed by atoms with van der Waals surface area (Å²) in [4.78, 5) is 10.7. The normalized spacial score (nSPS) is 9.43. The van der Waals surface area contributed by atoms with Gasteiger partial charge in [0.1, 0.15) is 5.75 Å². The first-order chi connectivity index (χ1) is 6.72. The Morgan fingerprint density at radius 1 is 1.43 bits per heavy atom. The van der Waals surface area contributed by atoms with E-state index in [1.165, 1.54) is 0 Å². The van der Waals surface area contributed by atoms with E-state index in [4.69, 9.17) is 9.84 Å². The van der Waals surface area contributed by atoms with Gasteiger partial charge in [0.05, 0.1) is 6.61 Å². The van der Waals surface area contributed by atoms with Gasteiger partial charge < -0.3 is 9.84 Å². The van der Waals surface area contributed by atoms with E-state index in [2.05, 4.69) is 6.58 Å². The van der Waals surface area contributed by atoms with Crippen LogP contribution in [0.2, 0.25) is 0 Å². The van der Waals surface area contributed by atoms with Gasteiger partial charge in [-0.15, -0.1) is 0 Å². The Balaban J connectivity index is 2.35. The van der Waals surface area contributed by atoms with Crippen LogP contribution >= 0.6 is 0 Å². The number of hydrogen-bond acceptors (Lipinski definition) is 3. The van der Waals surface area contributed by atoms with E-state index in [1.807, 2.05) is 0 Å². The van der Waals surface area contributed by atoms with Crippen molar-refractivity contribution in [2.24, 2.45) is 0 Å². The minimum Gasteiger partial charge on any atom is -0.508 e. The summed E-state index contributed by atoms with van der Waals surface area (Å²) in [7, 11) is 0. The van der Waals surface area contributed by atoms with Crippen LogP contribution in [0, 0.1) is 0 Å². The second-order valence-corrected chi connectivity index (χ2v) is 2.79. The number of benzene rings is 1. The number of ether oxygens (including phenoxy) is 1. The SMILES string of the molecule is C=CC(=O)OCCc1ccc(O)cc1. The minimum atomic E-state index is -0.413. The molecule has 74 valence electrons. The summed E-state index contributed by atoms with van der Waals surface area (Å²) >= 11 is 0. The number of phenols is 1. The number of phenolic OH excluding ortho intramolecular Hbond substituents is 1. The van der Waals surface area contributed by atoms with Crippen molar-refractivity contribution in [3.05, 3.63) is 42.5 Å².